The summed E-state index contributed by atoms with van der Waals surface area (Å²) in [7, 11) is 0. The molecule has 1 atom stereocenters. The molecule has 2 aliphatic rings. The first-order chi connectivity index (χ1) is 17.0. The molecule has 0 bridgehead atoms. The van der Waals surface area contributed by atoms with Crippen molar-refractivity contribution in [2.45, 2.75) is 12.8 Å². The van der Waals surface area contributed by atoms with Crippen LogP contribution in [0.1, 0.15) is 32.4 Å². The number of nitrogens with zero attached hydrogens (tertiary/aromatic N) is 3. The number of ether oxygens (including phenoxy) is 2. The van der Waals surface area contributed by atoms with Crippen LogP contribution >= 0.6 is 11.3 Å². The fraction of sp³-hybridized carbons (Fsp3) is 0.261. The van der Waals surface area contributed by atoms with Crippen LogP contribution in [0.2, 0.25) is 0 Å². The lowest BCUT2D eigenvalue weighted by molar-refractivity contribution is -0.121. The minimum absolute atomic E-state index is 0.0309. The van der Waals surface area contributed by atoms with Gasteiger partial charge in [0.25, 0.3) is 11.8 Å². The van der Waals surface area contributed by atoms with Crippen LogP contribution in [0.3, 0.4) is 0 Å². The molecule has 10 nitrogen and oxygen atoms in total. The van der Waals surface area contributed by atoms with Gasteiger partial charge in [0.1, 0.15) is 5.82 Å². The monoisotopic (exact) mass is 497 g/mol. The van der Waals surface area contributed by atoms with Crippen molar-refractivity contribution in [3.63, 3.8) is 0 Å². The van der Waals surface area contributed by atoms with Gasteiger partial charge in [0, 0.05) is 30.5 Å². The molecule has 0 aliphatic carbocycles. The highest BCUT2D eigenvalue weighted by atomic mass is 32.1. The maximum atomic E-state index is 13.4. The lowest BCUT2D eigenvalue weighted by Crippen LogP contribution is -2.43. The first kappa shape index (κ1) is 22.7. The molecule has 12 heteroatoms. The van der Waals surface area contributed by atoms with Gasteiger partial charge in [-0.2, -0.15) is 0 Å². The number of amides is 3. The van der Waals surface area contributed by atoms with E-state index in [0.29, 0.717) is 42.3 Å². The third kappa shape index (κ3) is 5.06. The quantitative estimate of drug-likeness (QED) is 0.555. The van der Waals surface area contributed by atoms with E-state index in [1.165, 1.54) is 23.1 Å². The fourth-order valence-corrected chi connectivity index (χ4v) is 4.59. The van der Waals surface area contributed by atoms with Gasteiger partial charge >= 0.3 is 0 Å². The number of carbonyl (C=O) groups excluding carboxylic acids is 3. The van der Waals surface area contributed by atoms with E-state index in [4.69, 9.17) is 9.47 Å². The van der Waals surface area contributed by atoms with Gasteiger partial charge in [-0.1, -0.05) is 17.4 Å². The third-order valence-corrected chi connectivity index (χ3v) is 6.51. The van der Waals surface area contributed by atoms with Crippen molar-refractivity contribution in [3.05, 3.63) is 58.3 Å². The molecule has 0 radical (unpaired) electrons. The first-order valence-corrected chi connectivity index (χ1v) is 11.7. The topological polar surface area (TPSA) is 123 Å². The van der Waals surface area contributed by atoms with E-state index >= 15 is 0 Å². The van der Waals surface area contributed by atoms with Crippen LogP contribution < -0.4 is 20.1 Å². The van der Waals surface area contributed by atoms with Crippen LogP contribution in [0.25, 0.3) is 0 Å². The van der Waals surface area contributed by atoms with E-state index in [0.717, 1.165) is 11.3 Å². The van der Waals surface area contributed by atoms with E-state index in [1.807, 2.05) is 0 Å². The van der Waals surface area contributed by atoms with Gasteiger partial charge < -0.3 is 25.0 Å². The zero-order valence-corrected chi connectivity index (χ0v) is 19.1. The number of fused-ring (bicyclic) bond motifs is 1. The molecule has 1 fully saturated rings. The lowest BCUT2D eigenvalue weighted by atomic mass is 9.97. The van der Waals surface area contributed by atoms with Gasteiger partial charge in [-0.05, 0) is 43.2 Å². The molecule has 0 spiro atoms. The summed E-state index contributed by atoms with van der Waals surface area (Å²) < 4.78 is 23.9. The van der Waals surface area contributed by atoms with Crippen LogP contribution in [-0.4, -0.2) is 52.7 Å². The van der Waals surface area contributed by atoms with Crippen LogP contribution in [0.4, 0.5) is 15.8 Å². The number of benzene rings is 2. The largest absolute Gasteiger partial charge is 0.454 e. The Morgan fingerprint density at radius 1 is 1.00 bits per heavy atom. The molecule has 3 aromatic rings. The van der Waals surface area contributed by atoms with E-state index < -0.39 is 23.5 Å². The van der Waals surface area contributed by atoms with Gasteiger partial charge in [-0.25, -0.2) is 4.39 Å². The second-order valence-corrected chi connectivity index (χ2v) is 9.00. The maximum absolute atomic E-state index is 13.4. The van der Waals surface area contributed by atoms with Crippen molar-refractivity contribution < 1.29 is 28.2 Å². The van der Waals surface area contributed by atoms with Crippen molar-refractivity contribution in [2.75, 3.05) is 30.5 Å². The molecule has 35 heavy (non-hydrogen) atoms. The summed E-state index contributed by atoms with van der Waals surface area (Å²) in [6.07, 6.45) is 1.23. The maximum Gasteiger partial charge on any atom is 0.286 e. The number of nitrogens with one attached hydrogen (secondary N) is 2. The molecule has 3 amide bonds. The Balaban J connectivity index is 1.20. The predicted octanol–water partition coefficient (Wildman–Crippen LogP) is 3.15. The number of rotatable bonds is 5. The highest BCUT2D eigenvalue weighted by Crippen LogP contribution is 2.34. The zero-order chi connectivity index (χ0) is 24.4. The van der Waals surface area contributed by atoms with Gasteiger partial charge in [-0.15, -0.1) is 10.2 Å². The van der Waals surface area contributed by atoms with Gasteiger partial charge in [0.05, 0.1) is 5.92 Å². The Morgan fingerprint density at radius 2 is 1.80 bits per heavy atom. The highest BCUT2D eigenvalue weighted by molar-refractivity contribution is 7.15. The minimum Gasteiger partial charge on any atom is -0.454 e. The number of aromatic nitrogens is 2. The van der Waals surface area contributed by atoms with Crippen LogP contribution in [0, 0.1) is 11.7 Å². The summed E-state index contributed by atoms with van der Waals surface area (Å²) in [4.78, 5) is 39.8. The molecule has 1 aromatic heterocycles. The predicted molar refractivity (Wildman–Crippen MR) is 124 cm³/mol. The van der Waals surface area contributed by atoms with E-state index in [9.17, 15) is 18.8 Å². The van der Waals surface area contributed by atoms with Crippen molar-refractivity contribution in [1.29, 1.82) is 0 Å². The molecular weight excluding hydrogens is 477 g/mol. The minimum atomic E-state index is -0.508. The average Bonchev–Trinajstić information content (AvgIpc) is 3.53. The summed E-state index contributed by atoms with van der Waals surface area (Å²) in [6.45, 7) is 0.775. The number of halogens is 1. The molecule has 2 N–H and O–H groups in total. The smallest absolute Gasteiger partial charge is 0.286 e. The number of hydrogen-bond donors (Lipinski definition) is 2. The Hall–Kier alpha value is -4.06. The Morgan fingerprint density at radius 3 is 2.66 bits per heavy atom. The summed E-state index contributed by atoms with van der Waals surface area (Å²) >= 11 is 0.878. The third-order valence-electron chi connectivity index (χ3n) is 5.60. The van der Waals surface area contributed by atoms with Gasteiger partial charge in [0.2, 0.25) is 22.7 Å². The highest BCUT2D eigenvalue weighted by Gasteiger charge is 2.31. The summed E-state index contributed by atoms with van der Waals surface area (Å²) in [5, 5.41) is 13.2. The number of hydrogen-bond acceptors (Lipinski definition) is 8. The number of carbonyl (C=O) groups is 3. The SMILES string of the molecule is O=C(Nc1ccc2c(c1)OCO2)c1nnc(C(=O)N2CCCC(C(=O)Nc3cccc(F)c3)C2)s1. The zero-order valence-electron chi connectivity index (χ0n) is 18.3. The van der Waals surface area contributed by atoms with Gasteiger partial charge in [0.15, 0.2) is 11.5 Å². The molecule has 3 heterocycles. The molecule has 2 aliphatic heterocycles. The normalized spacial score (nSPS) is 16.6. The van der Waals surface area contributed by atoms with Crippen molar-refractivity contribution in [3.8, 4) is 11.5 Å². The molecule has 1 saturated heterocycles. The standard InChI is InChI=1S/C23H20FN5O5S/c24-14-4-1-5-15(9-14)25-19(30)13-3-2-8-29(11-13)23(32)22-28-27-21(35-22)20(31)26-16-6-7-17-18(10-16)34-12-33-17/h1,4-7,9-10,13H,2-3,8,11-12H2,(H,25,30)(H,26,31). The lowest BCUT2D eigenvalue weighted by Gasteiger charge is -2.31. The molecule has 180 valence electrons. The number of likely N-dealkylation sites (tertiary alicyclic amines) is 1. The Labute approximate surface area is 203 Å². The van der Waals surface area contributed by atoms with Crippen molar-refractivity contribution >= 4 is 40.4 Å². The average molecular weight is 498 g/mol. The fourth-order valence-electron chi connectivity index (χ4n) is 3.88. The summed E-state index contributed by atoms with van der Waals surface area (Å²) in [6, 6.07) is 10.6. The van der Waals surface area contributed by atoms with Crippen molar-refractivity contribution in [1.82, 2.24) is 15.1 Å². The molecular formula is C23H20FN5O5S. The Bertz CT molecular complexity index is 1300. The molecule has 5 rings (SSSR count). The van der Waals surface area contributed by atoms with Crippen LogP contribution in [0.15, 0.2) is 42.5 Å². The van der Waals surface area contributed by atoms with E-state index in [1.54, 1.807) is 24.3 Å². The van der Waals surface area contributed by atoms with Gasteiger partial charge in [-0.3, -0.25) is 14.4 Å². The second-order valence-electron chi connectivity index (χ2n) is 8.02. The van der Waals surface area contributed by atoms with E-state index in [2.05, 4.69) is 20.8 Å². The second kappa shape index (κ2) is 9.66. The molecule has 2 aromatic carbocycles. The van der Waals surface area contributed by atoms with Crippen molar-refractivity contribution in [2.24, 2.45) is 5.92 Å². The van der Waals surface area contributed by atoms with E-state index in [-0.39, 0.29) is 29.3 Å². The van der Waals surface area contributed by atoms with Crippen LogP contribution in [-0.2, 0) is 4.79 Å². The van der Waals surface area contributed by atoms with Crippen LogP contribution in [0.5, 0.6) is 11.5 Å². The number of anilines is 2. The molecule has 1 unspecified atom stereocenters. The summed E-state index contributed by atoms with van der Waals surface area (Å²) in [5.41, 5.74) is 0.853. The molecule has 0 saturated carbocycles. The first-order valence-electron chi connectivity index (χ1n) is 10.9. The summed E-state index contributed by atoms with van der Waals surface area (Å²) in [5.74, 6) is -0.961. The Kier molecular flexibility index (Phi) is 6.27. The number of piperidine rings is 1.